The lowest BCUT2D eigenvalue weighted by molar-refractivity contribution is -0.120. The number of benzene rings is 2. The van der Waals surface area contributed by atoms with Crippen LogP contribution >= 0.6 is 11.3 Å². The van der Waals surface area contributed by atoms with Crippen LogP contribution in [0.1, 0.15) is 29.1 Å². The average Bonchev–Trinajstić information content (AvgIpc) is 3.15. The Hall–Kier alpha value is -2.66. The van der Waals surface area contributed by atoms with Crippen molar-refractivity contribution in [2.45, 2.75) is 25.7 Å². The van der Waals surface area contributed by atoms with Crippen molar-refractivity contribution >= 4 is 22.9 Å². The first-order chi connectivity index (χ1) is 13.7. The molecule has 3 aromatic rings. The second-order valence-electron chi connectivity index (χ2n) is 6.89. The highest BCUT2D eigenvalue weighted by molar-refractivity contribution is 7.09. The molecule has 0 unspecified atom stereocenters. The molecule has 28 heavy (non-hydrogen) atoms. The highest BCUT2D eigenvalue weighted by Crippen LogP contribution is 2.15. The van der Waals surface area contributed by atoms with E-state index < -0.39 is 0 Å². The van der Waals surface area contributed by atoms with Gasteiger partial charge in [-0.3, -0.25) is 4.79 Å². The fourth-order valence-corrected chi connectivity index (χ4v) is 3.85. The third-order valence-electron chi connectivity index (χ3n) is 4.58. The molecule has 0 aliphatic rings. The van der Waals surface area contributed by atoms with Gasteiger partial charge in [-0.25, -0.2) is 4.98 Å². The van der Waals surface area contributed by atoms with Crippen molar-refractivity contribution in [3.05, 3.63) is 82.3 Å². The standard InChI is InChI=1S/C23H27N3OS/c1-26(21-12-6-3-7-13-21)15-9-8-14-24-22(27)17-20-18-28-23(25-20)16-19-10-4-2-5-11-19/h2-7,10-13,18H,8-9,14-17H2,1H3,(H,24,27). The number of rotatable bonds is 10. The zero-order valence-corrected chi connectivity index (χ0v) is 17.1. The zero-order valence-electron chi connectivity index (χ0n) is 16.3. The van der Waals surface area contributed by atoms with E-state index in [1.165, 1.54) is 11.3 Å². The molecule has 1 aromatic heterocycles. The molecule has 3 rings (SSSR count). The second-order valence-corrected chi connectivity index (χ2v) is 7.83. The first-order valence-corrected chi connectivity index (χ1v) is 10.6. The summed E-state index contributed by atoms with van der Waals surface area (Å²) < 4.78 is 0. The van der Waals surface area contributed by atoms with Gasteiger partial charge in [-0.05, 0) is 30.5 Å². The summed E-state index contributed by atoms with van der Waals surface area (Å²) in [6.45, 7) is 1.69. The summed E-state index contributed by atoms with van der Waals surface area (Å²) in [6.07, 6.45) is 3.19. The van der Waals surface area contributed by atoms with E-state index in [1.54, 1.807) is 11.3 Å². The summed E-state index contributed by atoms with van der Waals surface area (Å²) in [5.41, 5.74) is 3.33. The molecule has 1 heterocycles. The lowest BCUT2D eigenvalue weighted by atomic mass is 10.2. The number of nitrogens with zero attached hydrogens (tertiary/aromatic N) is 2. The number of anilines is 1. The second kappa shape index (κ2) is 10.6. The van der Waals surface area contributed by atoms with Crippen LogP contribution < -0.4 is 10.2 Å². The van der Waals surface area contributed by atoms with Crippen molar-refractivity contribution < 1.29 is 4.79 Å². The predicted octanol–water partition coefficient (Wildman–Crippen LogP) is 4.31. The molecule has 0 fully saturated rings. The molecule has 0 aliphatic heterocycles. The number of nitrogens with one attached hydrogen (secondary N) is 1. The minimum Gasteiger partial charge on any atom is -0.375 e. The summed E-state index contributed by atoms with van der Waals surface area (Å²) in [5.74, 6) is 0.0491. The van der Waals surface area contributed by atoms with Gasteiger partial charge < -0.3 is 10.2 Å². The fourth-order valence-electron chi connectivity index (χ4n) is 3.02. The predicted molar refractivity (Wildman–Crippen MR) is 117 cm³/mol. The molecule has 5 heteroatoms. The smallest absolute Gasteiger partial charge is 0.226 e. The van der Waals surface area contributed by atoms with Gasteiger partial charge in [0.25, 0.3) is 0 Å². The maximum atomic E-state index is 12.1. The minimum atomic E-state index is 0.0491. The van der Waals surface area contributed by atoms with Crippen LogP contribution in [0.4, 0.5) is 5.69 Å². The van der Waals surface area contributed by atoms with Crippen LogP contribution in [0.5, 0.6) is 0 Å². The zero-order chi connectivity index (χ0) is 19.6. The Morgan fingerprint density at radius 3 is 2.50 bits per heavy atom. The molecule has 0 bridgehead atoms. The van der Waals surface area contributed by atoms with E-state index in [4.69, 9.17) is 0 Å². The number of carbonyl (C=O) groups excluding carboxylic acids is 1. The lowest BCUT2D eigenvalue weighted by Gasteiger charge is -2.19. The van der Waals surface area contributed by atoms with Crippen molar-refractivity contribution in [3.8, 4) is 0 Å². The van der Waals surface area contributed by atoms with Crippen molar-refractivity contribution in [3.63, 3.8) is 0 Å². The topological polar surface area (TPSA) is 45.2 Å². The number of carbonyl (C=O) groups is 1. The monoisotopic (exact) mass is 393 g/mol. The molecule has 1 amide bonds. The number of amides is 1. The van der Waals surface area contributed by atoms with Crippen molar-refractivity contribution in [1.29, 1.82) is 0 Å². The molecule has 0 saturated heterocycles. The third-order valence-corrected chi connectivity index (χ3v) is 5.48. The van der Waals surface area contributed by atoms with Gasteiger partial charge in [0.15, 0.2) is 0 Å². The molecule has 0 atom stereocenters. The van der Waals surface area contributed by atoms with Gasteiger partial charge in [0.05, 0.1) is 17.1 Å². The number of thiazole rings is 1. The SMILES string of the molecule is CN(CCCCNC(=O)Cc1csc(Cc2ccccc2)n1)c1ccccc1. The van der Waals surface area contributed by atoms with Crippen LogP contribution in [0.2, 0.25) is 0 Å². The fraction of sp³-hybridized carbons (Fsp3) is 0.304. The first kappa shape index (κ1) is 20.1. The lowest BCUT2D eigenvalue weighted by Crippen LogP contribution is -2.27. The minimum absolute atomic E-state index is 0.0491. The number of para-hydroxylation sites is 1. The van der Waals surface area contributed by atoms with Crippen LogP contribution in [0, 0.1) is 0 Å². The van der Waals surface area contributed by atoms with Gasteiger partial charge in [0, 0.05) is 37.6 Å². The summed E-state index contributed by atoms with van der Waals surface area (Å²) in [6, 6.07) is 20.6. The summed E-state index contributed by atoms with van der Waals surface area (Å²) in [5, 5.41) is 6.06. The molecule has 0 spiro atoms. The molecule has 1 N–H and O–H groups in total. The van der Waals surface area contributed by atoms with Gasteiger partial charge in [-0.2, -0.15) is 0 Å². The number of hydrogen-bond donors (Lipinski definition) is 1. The van der Waals surface area contributed by atoms with E-state index in [0.29, 0.717) is 13.0 Å². The quantitative estimate of drug-likeness (QED) is 0.522. The van der Waals surface area contributed by atoms with Crippen LogP contribution in [0.15, 0.2) is 66.0 Å². The number of hydrogen-bond acceptors (Lipinski definition) is 4. The Balaban J connectivity index is 1.32. The summed E-state index contributed by atoms with van der Waals surface area (Å²) >= 11 is 1.62. The Morgan fingerprint density at radius 1 is 1.04 bits per heavy atom. The Bertz CT molecular complexity index is 849. The van der Waals surface area contributed by atoms with Crippen molar-refractivity contribution in [2.75, 3.05) is 25.0 Å². The molecule has 4 nitrogen and oxygen atoms in total. The first-order valence-electron chi connectivity index (χ1n) is 9.71. The molecule has 0 saturated carbocycles. The Morgan fingerprint density at radius 2 is 1.75 bits per heavy atom. The van der Waals surface area contributed by atoms with E-state index in [9.17, 15) is 4.79 Å². The summed E-state index contributed by atoms with van der Waals surface area (Å²) in [4.78, 5) is 19.0. The largest absolute Gasteiger partial charge is 0.375 e. The Labute approximate surface area is 171 Å². The molecule has 0 radical (unpaired) electrons. The van der Waals surface area contributed by atoms with Gasteiger partial charge in [0.1, 0.15) is 0 Å². The van der Waals surface area contributed by atoms with Gasteiger partial charge in [-0.15, -0.1) is 11.3 Å². The van der Waals surface area contributed by atoms with Crippen molar-refractivity contribution in [2.24, 2.45) is 0 Å². The highest BCUT2D eigenvalue weighted by Gasteiger charge is 2.08. The van der Waals surface area contributed by atoms with Gasteiger partial charge in [-0.1, -0.05) is 48.5 Å². The number of unbranched alkanes of at least 4 members (excludes halogenated alkanes) is 1. The summed E-state index contributed by atoms with van der Waals surface area (Å²) in [7, 11) is 2.10. The van der Waals surface area contributed by atoms with Crippen LogP contribution in [0.3, 0.4) is 0 Å². The molecular weight excluding hydrogens is 366 g/mol. The highest BCUT2D eigenvalue weighted by atomic mass is 32.1. The maximum absolute atomic E-state index is 12.1. The van der Waals surface area contributed by atoms with Crippen LogP contribution in [0.25, 0.3) is 0 Å². The van der Waals surface area contributed by atoms with Crippen LogP contribution in [-0.2, 0) is 17.6 Å². The molecular formula is C23H27N3OS. The normalized spacial score (nSPS) is 10.6. The third kappa shape index (κ3) is 6.50. The van der Waals surface area contributed by atoms with Crippen molar-refractivity contribution in [1.82, 2.24) is 10.3 Å². The molecule has 0 aliphatic carbocycles. The van der Waals surface area contributed by atoms with Gasteiger partial charge in [0.2, 0.25) is 5.91 Å². The van der Waals surface area contributed by atoms with E-state index >= 15 is 0 Å². The van der Waals surface area contributed by atoms with E-state index in [-0.39, 0.29) is 5.91 Å². The maximum Gasteiger partial charge on any atom is 0.226 e. The Kier molecular flexibility index (Phi) is 7.62. The number of aromatic nitrogens is 1. The molecule has 2 aromatic carbocycles. The van der Waals surface area contributed by atoms with E-state index in [1.807, 2.05) is 29.6 Å². The van der Waals surface area contributed by atoms with E-state index in [2.05, 4.69) is 58.6 Å². The average molecular weight is 394 g/mol. The van der Waals surface area contributed by atoms with Crippen LogP contribution in [-0.4, -0.2) is 31.0 Å². The van der Waals surface area contributed by atoms with Gasteiger partial charge >= 0.3 is 0 Å². The molecule has 146 valence electrons. The van der Waals surface area contributed by atoms with E-state index in [0.717, 1.165) is 36.5 Å².